The molecule has 0 aromatic carbocycles. The van der Waals surface area contributed by atoms with Crippen LogP contribution in [0.3, 0.4) is 0 Å². The highest BCUT2D eigenvalue weighted by Gasteiger charge is 2.18. The lowest BCUT2D eigenvalue weighted by Gasteiger charge is -2.31. The summed E-state index contributed by atoms with van der Waals surface area (Å²) in [6.07, 6.45) is 4.56. The number of piperidine rings is 1. The highest BCUT2D eigenvalue weighted by atomic mass is 15.1. The third-order valence-electron chi connectivity index (χ3n) is 3.79. The van der Waals surface area contributed by atoms with Gasteiger partial charge in [-0.15, -0.1) is 0 Å². The number of anilines is 1. The zero-order valence-electron chi connectivity index (χ0n) is 11.2. The van der Waals surface area contributed by atoms with E-state index in [9.17, 15) is 0 Å². The summed E-state index contributed by atoms with van der Waals surface area (Å²) in [6.45, 7) is 9.75. The summed E-state index contributed by atoms with van der Waals surface area (Å²) < 4.78 is 0. The van der Waals surface area contributed by atoms with E-state index in [2.05, 4.69) is 23.7 Å². The molecule has 1 aromatic heterocycles. The fourth-order valence-corrected chi connectivity index (χ4v) is 2.59. The highest BCUT2D eigenvalue weighted by Crippen LogP contribution is 2.22. The Balaban J connectivity index is 2.10. The Bertz CT molecular complexity index is 401. The van der Waals surface area contributed by atoms with Crippen LogP contribution in [0.2, 0.25) is 0 Å². The van der Waals surface area contributed by atoms with E-state index < -0.39 is 0 Å². The lowest BCUT2D eigenvalue weighted by molar-refractivity contribution is 0.174. The minimum atomic E-state index is 0.812. The van der Waals surface area contributed by atoms with E-state index in [1.54, 1.807) is 0 Å². The molecule has 17 heavy (non-hydrogen) atoms. The second kappa shape index (κ2) is 5.05. The van der Waals surface area contributed by atoms with Gasteiger partial charge in [0.2, 0.25) is 0 Å². The van der Waals surface area contributed by atoms with Crippen molar-refractivity contribution in [3.05, 3.63) is 23.0 Å². The maximum absolute atomic E-state index is 6.06. The van der Waals surface area contributed by atoms with Gasteiger partial charge in [-0.1, -0.05) is 6.92 Å². The number of aromatic nitrogens is 1. The Morgan fingerprint density at radius 1 is 1.47 bits per heavy atom. The number of hydrogen-bond acceptors (Lipinski definition) is 3. The van der Waals surface area contributed by atoms with E-state index in [1.165, 1.54) is 25.9 Å². The van der Waals surface area contributed by atoms with Gasteiger partial charge in [-0.05, 0) is 50.3 Å². The molecule has 0 bridgehead atoms. The molecule has 1 fully saturated rings. The molecule has 0 amide bonds. The molecule has 1 aromatic rings. The van der Waals surface area contributed by atoms with Gasteiger partial charge in [-0.25, -0.2) is 0 Å². The van der Waals surface area contributed by atoms with Crippen LogP contribution in [0.1, 0.15) is 36.6 Å². The zero-order chi connectivity index (χ0) is 12.4. The third-order valence-corrected chi connectivity index (χ3v) is 3.79. The van der Waals surface area contributed by atoms with Crippen molar-refractivity contribution in [3.8, 4) is 0 Å². The van der Waals surface area contributed by atoms with Gasteiger partial charge in [-0.3, -0.25) is 9.88 Å². The van der Waals surface area contributed by atoms with Crippen molar-refractivity contribution in [2.75, 3.05) is 18.8 Å². The molecular formula is C14H23N3. The number of rotatable bonds is 2. The minimum absolute atomic E-state index is 0.812. The summed E-state index contributed by atoms with van der Waals surface area (Å²) in [5.74, 6) is 0.812. The lowest BCUT2D eigenvalue weighted by Crippen LogP contribution is -2.34. The van der Waals surface area contributed by atoms with Crippen molar-refractivity contribution in [1.29, 1.82) is 0 Å². The first-order valence-electron chi connectivity index (χ1n) is 6.51. The van der Waals surface area contributed by atoms with Crippen LogP contribution in [0.5, 0.6) is 0 Å². The molecule has 0 spiro atoms. The Hall–Kier alpha value is -1.09. The van der Waals surface area contributed by atoms with Crippen LogP contribution in [-0.2, 0) is 6.54 Å². The molecule has 3 heteroatoms. The summed E-state index contributed by atoms with van der Waals surface area (Å²) in [7, 11) is 0. The lowest BCUT2D eigenvalue weighted by atomic mass is 10.00. The van der Waals surface area contributed by atoms with Crippen LogP contribution in [-0.4, -0.2) is 23.0 Å². The molecule has 3 nitrogen and oxygen atoms in total. The molecule has 2 N–H and O–H groups in total. The van der Waals surface area contributed by atoms with Crippen LogP contribution in [0.25, 0.3) is 0 Å². The highest BCUT2D eigenvalue weighted by molar-refractivity contribution is 5.53. The number of nitrogens with zero attached hydrogens (tertiary/aromatic N) is 2. The van der Waals surface area contributed by atoms with Gasteiger partial charge in [0.25, 0.3) is 0 Å². The topological polar surface area (TPSA) is 42.2 Å². The maximum Gasteiger partial charge on any atom is 0.0593 e. The average molecular weight is 233 g/mol. The van der Waals surface area contributed by atoms with Gasteiger partial charge in [-0.2, -0.15) is 0 Å². The van der Waals surface area contributed by atoms with Crippen LogP contribution < -0.4 is 5.73 Å². The molecule has 1 saturated heterocycles. The predicted octanol–water partition coefficient (Wildman–Crippen LogP) is 2.51. The Morgan fingerprint density at radius 3 is 2.94 bits per heavy atom. The molecule has 94 valence electrons. The SMILES string of the molecule is Cc1cnc(CN2CCCC(C)C2)c(C)c1N. The van der Waals surface area contributed by atoms with Crippen molar-refractivity contribution in [1.82, 2.24) is 9.88 Å². The summed E-state index contributed by atoms with van der Waals surface area (Å²) in [5, 5.41) is 0. The number of nitrogens with two attached hydrogens (primary N) is 1. The van der Waals surface area contributed by atoms with Crippen LogP contribution in [0, 0.1) is 19.8 Å². The van der Waals surface area contributed by atoms with E-state index in [1.807, 2.05) is 13.1 Å². The molecule has 0 aliphatic carbocycles. The third kappa shape index (κ3) is 2.78. The largest absolute Gasteiger partial charge is 0.398 e. The number of hydrogen-bond donors (Lipinski definition) is 1. The summed E-state index contributed by atoms with van der Waals surface area (Å²) in [6, 6.07) is 0. The van der Waals surface area contributed by atoms with Gasteiger partial charge in [0, 0.05) is 25.0 Å². The quantitative estimate of drug-likeness (QED) is 0.853. The van der Waals surface area contributed by atoms with Crippen molar-refractivity contribution < 1.29 is 0 Å². The zero-order valence-corrected chi connectivity index (χ0v) is 11.2. The van der Waals surface area contributed by atoms with Crippen LogP contribution in [0.15, 0.2) is 6.20 Å². The summed E-state index contributed by atoms with van der Waals surface area (Å²) in [5.41, 5.74) is 10.3. The number of pyridine rings is 1. The molecule has 0 saturated carbocycles. The van der Waals surface area contributed by atoms with E-state index in [0.717, 1.165) is 35.0 Å². The Labute approximate surface area is 104 Å². The fourth-order valence-electron chi connectivity index (χ4n) is 2.59. The fraction of sp³-hybridized carbons (Fsp3) is 0.643. The van der Waals surface area contributed by atoms with Gasteiger partial charge >= 0.3 is 0 Å². The van der Waals surface area contributed by atoms with Crippen molar-refractivity contribution in [2.24, 2.45) is 5.92 Å². The minimum Gasteiger partial charge on any atom is -0.398 e. The van der Waals surface area contributed by atoms with E-state index in [-0.39, 0.29) is 0 Å². The number of likely N-dealkylation sites (tertiary alicyclic amines) is 1. The molecule has 2 rings (SSSR count). The molecule has 0 radical (unpaired) electrons. The number of aryl methyl sites for hydroxylation is 1. The Morgan fingerprint density at radius 2 is 2.24 bits per heavy atom. The number of nitrogen functional groups attached to an aromatic ring is 1. The van der Waals surface area contributed by atoms with E-state index >= 15 is 0 Å². The second-order valence-electron chi connectivity index (χ2n) is 5.41. The first kappa shape index (κ1) is 12.4. The van der Waals surface area contributed by atoms with Gasteiger partial charge < -0.3 is 5.73 Å². The molecular weight excluding hydrogens is 210 g/mol. The second-order valence-corrected chi connectivity index (χ2v) is 5.41. The Kier molecular flexibility index (Phi) is 3.67. The smallest absolute Gasteiger partial charge is 0.0593 e. The molecule has 1 unspecified atom stereocenters. The average Bonchev–Trinajstić information content (AvgIpc) is 2.30. The molecule has 1 aliphatic heterocycles. The van der Waals surface area contributed by atoms with E-state index in [0.29, 0.717) is 0 Å². The first-order valence-corrected chi connectivity index (χ1v) is 6.51. The van der Waals surface area contributed by atoms with Crippen LogP contribution in [0.4, 0.5) is 5.69 Å². The van der Waals surface area contributed by atoms with Crippen molar-refractivity contribution >= 4 is 5.69 Å². The van der Waals surface area contributed by atoms with Gasteiger partial charge in [0.05, 0.1) is 5.69 Å². The normalized spacial score (nSPS) is 21.7. The van der Waals surface area contributed by atoms with Crippen molar-refractivity contribution in [3.63, 3.8) is 0 Å². The monoisotopic (exact) mass is 233 g/mol. The first-order chi connectivity index (χ1) is 8.08. The molecule has 1 atom stereocenters. The standard InChI is InChI=1S/C14H23N3/c1-10-5-4-6-17(8-10)9-13-12(3)14(15)11(2)7-16-13/h7,10H,4-6,8-9H2,1-3H3,(H2,15,16). The molecule has 1 aliphatic rings. The summed E-state index contributed by atoms with van der Waals surface area (Å²) >= 11 is 0. The predicted molar refractivity (Wildman–Crippen MR) is 71.8 cm³/mol. The van der Waals surface area contributed by atoms with Crippen LogP contribution >= 0.6 is 0 Å². The van der Waals surface area contributed by atoms with Crippen molar-refractivity contribution in [2.45, 2.75) is 40.2 Å². The van der Waals surface area contributed by atoms with Gasteiger partial charge in [0.1, 0.15) is 0 Å². The summed E-state index contributed by atoms with van der Waals surface area (Å²) in [4.78, 5) is 7.03. The van der Waals surface area contributed by atoms with E-state index in [4.69, 9.17) is 5.73 Å². The van der Waals surface area contributed by atoms with Gasteiger partial charge in [0.15, 0.2) is 0 Å². The maximum atomic E-state index is 6.06. The molecule has 2 heterocycles.